The molecule has 6 heteroatoms. The van der Waals surface area contributed by atoms with Gasteiger partial charge in [-0.25, -0.2) is 13.8 Å². The van der Waals surface area contributed by atoms with Crippen molar-refractivity contribution >= 4 is 5.82 Å². The third-order valence-electron chi connectivity index (χ3n) is 6.49. The summed E-state index contributed by atoms with van der Waals surface area (Å²) in [4.78, 5) is 9.20. The minimum Gasteiger partial charge on any atom is -0.350 e. The van der Waals surface area contributed by atoms with Gasteiger partial charge in [-0.05, 0) is 61.7 Å². The van der Waals surface area contributed by atoms with Gasteiger partial charge < -0.3 is 4.90 Å². The highest BCUT2D eigenvalue weighted by molar-refractivity contribution is 5.57. The molecule has 138 valence electrons. The molecule has 4 fully saturated rings. The Morgan fingerprint density at radius 2 is 1.81 bits per heavy atom. The summed E-state index contributed by atoms with van der Waals surface area (Å²) < 4.78 is 27.8. The lowest BCUT2D eigenvalue weighted by molar-refractivity contribution is 0.0354. The molecule has 27 heavy (non-hydrogen) atoms. The molecule has 0 aliphatic carbocycles. The van der Waals surface area contributed by atoms with Gasteiger partial charge >= 0.3 is 0 Å². The van der Waals surface area contributed by atoms with E-state index in [1.165, 1.54) is 12.1 Å². The summed E-state index contributed by atoms with van der Waals surface area (Å²) in [7, 11) is 0. The van der Waals surface area contributed by atoms with Crippen molar-refractivity contribution in [1.29, 1.82) is 5.26 Å². The average molecular weight is 366 g/mol. The maximum absolute atomic E-state index is 13.9. The second-order valence-corrected chi connectivity index (χ2v) is 7.80. The van der Waals surface area contributed by atoms with E-state index in [9.17, 15) is 14.0 Å². The summed E-state index contributed by atoms with van der Waals surface area (Å²) >= 11 is 0. The Hall–Kier alpha value is -2.52. The van der Waals surface area contributed by atoms with Gasteiger partial charge in [0.2, 0.25) is 0 Å². The largest absolute Gasteiger partial charge is 0.350 e. The summed E-state index contributed by atoms with van der Waals surface area (Å²) in [6.45, 7) is 2.68. The minimum absolute atomic E-state index is 0.00292. The normalized spacial score (nSPS) is 31.6. The Balaban J connectivity index is 1.61. The predicted octanol–water partition coefficient (Wildman–Crippen LogP) is 3.30. The van der Waals surface area contributed by atoms with Crippen molar-refractivity contribution in [3.05, 3.63) is 59.3 Å². The van der Waals surface area contributed by atoms with Gasteiger partial charge in [-0.2, -0.15) is 5.26 Å². The second kappa shape index (κ2) is 6.28. The number of halogens is 2. The Morgan fingerprint density at radius 1 is 1.07 bits per heavy atom. The molecule has 0 unspecified atom stereocenters. The maximum atomic E-state index is 13.9. The molecule has 2 bridgehead atoms. The van der Waals surface area contributed by atoms with Crippen LogP contribution in [-0.4, -0.2) is 41.6 Å². The molecule has 0 N–H and O–H groups in total. The third kappa shape index (κ3) is 2.61. The molecule has 0 amide bonds. The van der Waals surface area contributed by atoms with Crippen molar-refractivity contribution in [2.45, 2.75) is 30.8 Å². The van der Waals surface area contributed by atoms with E-state index >= 15 is 0 Å². The molecule has 0 radical (unpaired) electrons. The smallest absolute Gasteiger partial charge is 0.146 e. The lowest BCUT2D eigenvalue weighted by atomic mass is 9.75. The molecule has 6 rings (SSSR count). The molecule has 4 aliphatic heterocycles. The van der Waals surface area contributed by atoms with Gasteiger partial charge in [-0.15, -0.1) is 0 Å². The number of benzene rings is 1. The SMILES string of the molecule is N#Cc1cccnc1N1C[C@@H](c2cc(F)cc(F)c2)[C@@H]2[C@H]1C1CCN2CC1. The molecule has 0 spiro atoms. The fourth-order valence-corrected chi connectivity index (χ4v) is 5.46. The van der Waals surface area contributed by atoms with Crippen LogP contribution in [0.25, 0.3) is 0 Å². The van der Waals surface area contributed by atoms with E-state index in [2.05, 4.69) is 20.9 Å². The Labute approximate surface area is 157 Å². The van der Waals surface area contributed by atoms with Gasteiger partial charge in [0.1, 0.15) is 23.5 Å². The standard InChI is InChI=1S/C21H20F2N4/c22-16-8-15(9-17(23)10-16)18-12-27(21-14(11-24)2-1-5-25-21)19-13-3-6-26(7-4-13)20(18)19/h1-2,5,8-10,13,18-20H,3-4,6-7,12H2/t18-,19+,20+/m0/s1. The fraction of sp³-hybridized carbons (Fsp3) is 0.429. The zero-order chi connectivity index (χ0) is 18.5. The van der Waals surface area contributed by atoms with E-state index in [-0.39, 0.29) is 18.0 Å². The molecule has 2 aromatic rings. The average Bonchev–Trinajstić information content (AvgIpc) is 3.11. The van der Waals surface area contributed by atoms with Gasteiger partial charge in [0.05, 0.1) is 5.56 Å². The fourth-order valence-electron chi connectivity index (χ4n) is 5.46. The number of aromatic nitrogens is 1. The predicted molar refractivity (Wildman–Crippen MR) is 97.3 cm³/mol. The van der Waals surface area contributed by atoms with E-state index in [1.807, 2.05) is 0 Å². The van der Waals surface area contributed by atoms with Crippen molar-refractivity contribution in [1.82, 2.24) is 9.88 Å². The van der Waals surface area contributed by atoms with Gasteiger partial charge in [0.25, 0.3) is 0 Å². The minimum atomic E-state index is -0.536. The Bertz CT molecular complexity index is 896. The summed E-state index contributed by atoms with van der Waals surface area (Å²) in [5.74, 6) is 0.148. The first-order chi connectivity index (χ1) is 13.2. The number of hydrogen-bond donors (Lipinski definition) is 0. The van der Waals surface area contributed by atoms with E-state index < -0.39 is 11.6 Å². The van der Waals surface area contributed by atoms with Crippen LogP contribution in [0.2, 0.25) is 0 Å². The Kier molecular flexibility index (Phi) is 3.87. The molecular weight excluding hydrogens is 346 g/mol. The number of anilines is 1. The van der Waals surface area contributed by atoms with Crippen molar-refractivity contribution in [2.24, 2.45) is 5.92 Å². The number of rotatable bonds is 2. The number of nitriles is 1. The van der Waals surface area contributed by atoms with Gasteiger partial charge in [-0.1, -0.05) is 0 Å². The Morgan fingerprint density at radius 3 is 2.52 bits per heavy atom. The van der Waals surface area contributed by atoms with Crippen LogP contribution in [0.5, 0.6) is 0 Å². The highest BCUT2D eigenvalue weighted by Crippen LogP contribution is 2.48. The van der Waals surface area contributed by atoms with Crippen LogP contribution in [0.4, 0.5) is 14.6 Å². The van der Waals surface area contributed by atoms with E-state index in [1.54, 1.807) is 18.3 Å². The molecule has 3 atom stereocenters. The van der Waals surface area contributed by atoms with E-state index in [0.717, 1.165) is 32.0 Å². The van der Waals surface area contributed by atoms with Crippen LogP contribution in [0.3, 0.4) is 0 Å². The quantitative estimate of drug-likeness (QED) is 0.818. The highest BCUT2D eigenvalue weighted by atomic mass is 19.1. The van der Waals surface area contributed by atoms with Crippen LogP contribution >= 0.6 is 0 Å². The molecule has 1 aromatic carbocycles. The maximum Gasteiger partial charge on any atom is 0.146 e. The first kappa shape index (κ1) is 16.6. The molecule has 4 saturated heterocycles. The number of hydrogen-bond acceptors (Lipinski definition) is 4. The zero-order valence-corrected chi connectivity index (χ0v) is 14.9. The molecule has 4 aliphatic rings. The van der Waals surface area contributed by atoms with Crippen molar-refractivity contribution in [2.75, 3.05) is 24.5 Å². The van der Waals surface area contributed by atoms with Gasteiger partial charge in [-0.3, -0.25) is 4.90 Å². The van der Waals surface area contributed by atoms with Crippen LogP contribution < -0.4 is 4.90 Å². The summed E-state index contributed by atoms with van der Waals surface area (Å²) in [5, 5.41) is 9.54. The zero-order valence-electron chi connectivity index (χ0n) is 14.9. The molecule has 4 nitrogen and oxygen atoms in total. The van der Waals surface area contributed by atoms with Gasteiger partial charge in [0, 0.05) is 36.8 Å². The van der Waals surface area contributed by atoms with Gasteiger partial charge in [0.15, 0.2) is 0 Å². The number of piperidine rings is 3. The molecule has 0 saturated carbocycles. The van der Waals surface area contributed by atoms with Crippen molar-refractivity contribution in [3.63, 3.8) is 0 Å². The van der Waals surface area contributed by atoms with Crippen LogP contribution in [0.1, 0.15) is 29.9 Å². The summed E-state index contributed by atoms with van der Waals surface area (Å²) in [6, 6.07) is 10.1. The number of fused-ring (bicyclic) bond motifs is 2. The van der Waals surface area contributed by atoms with Crippen molar-refractivity contribution < 1.29 is 8.78 Å². The van der Waals surface area contributed by atoms with Crippen molar-refractivity contribution in [3.8, 4) is 6.07 Å². The third-order valence-corrected chi connectivity index (χ3v) is 6.49. The van der Waals surface area contributed by atoms with Crippen LogP contribution in [0, 0.1) is 28.9 Å². The lowest BCUT2D eigenvalue weighted by Gasteiger charge is -2.51. The molecular formula is C21H20F2N4. The number of nitrogens with zero attached hydrogens (tertiary/aromatic N) is 4. The molecule has 5 heterocycles. The first-order valence-corrected chi connectivity index (χ1v) is 9.47. The van der Waals surface area contributed by atoms with E-state index in [0.29, 0.717) is 29.4 Å². The summed E-state index contributed by atoms with van der Waals surface area (Å²) in [5.41, 5.74) is 1.26. The number of pyridine rings is 1. The monoisotopic (exact) mass is 366 g/mol. The second-order valence-electron chi connectivity index (χ2n) is 7.80. The highest BCUT2D eigenvalue weighted by Gasteiger charge is 2.54. The van der Waals surface area contributed by atoms with Crippen LogP contribution in [-0.2, 0) is 0 Å². The van der Waals surface area contributed by atoms with E-state index in [4.69, 9.17) is 0 Å². The topological polar surface area (TPSA) is 43.2 Å². The lowest BCUT2D eigenvalue weighted by Crippen LogP contribution is -2.60. The first-order valence-electron chi connectivity index (χ1n) is 9.47. The van der Waals surface area contributed by atoms with Crippen LogP contribution in [0.15, 0.2) is 36.5 Å². The molecule has 1 aromatic heterocycles. The summed E-state index contributed by atoms with van der Waals surface area (Å²) in [6.07, 6.45) is 3.95.